The second-order valence-corrected chi connectivity index (χ2v) is 8.90. The van der Waals surface area contributed by atoms with E-state index in [0.717, 1.165) is 6.29 Å². The van der Waals surface area contributed by atoms with Crippen molar-refractivity contribution in [1.29, 1.82) is 0 Å². The first-order valence-electron chi connectivity index (χ1n) is 9.44. The molecule has 0 atom stereocenters. The summed E-state index contributed by atoms with van der Waals surface area (Å²) in [7, 11) is 6.15. The largest absolute Gasteiger partial charge is 0.347 e. The minimum Gasteiger partial charge on any atom is -0.347 e. The van der Waals surface area contributed by atoms with E-state index in [4.69, 9.17) is 0 Å². The van der Waals surface area contributed by atoms with Crippen LogP contribution in [0.4, 0.5) is 5.69 Å². The highest BCUT2D eigenvalue weighted by Gasteiger charge is 2.37. The quantitative estimate of drug-likeness (QED) is 0.253. The first kappa shape index (κ1) is 20.9. The molecule has 3 nitrogen and oxygen atoms in total. The highest BCUT2D eigenvalue weighted by atomic mass is 16.1. The van der Waals surface area contributed by atoms with Crippen molar-refractivity contribution in [3.8, 4) is 0 Å². The molecule has 3 heteroatoms. The fourth-order valence-electron chi connectivity index (χ4n) is 3.86. The number of carbonyl (C=O) groups excluding carboxylic acids is 1. The van der Waals surface area contributed by atoms with Gasteiger partial charge in [-0.05, 0) is 29.9 Å². The van der Waals surface area contributed by atoms with E-state index in [0.29, 0.717) is 5.57 Å². The van der Waals surface area contributed by atoms with Crippen LogP contribution in [0, 0.1) is 5.41 Å². The van der Waals surface area contributed by atoms with E-state index in [1.54, 1.807) is 0 Å². The van der Waals surface area contributed by atoms with Crippen LogP contribution in [0.25, 0.3) is 0 Å². The van der Waals surface area contributed by atoms with Crippen LogP contribution in [0.5, 0.6) is 0 Å². The molecule has 1 aliphatic heterocycles. The highest BCUT2D eigenvalue weighted by Crippen LogP contribution is 2.46. The van der Waals surface area contributed by atoms with Crippen molar-refractivity contribution in [2.45, 2.75) is 40.0 Å². The maximum absolute atomic E-state index is 11.6. The van der Waals surface area contributed by atoms with Gasteiger partial charge in [0.25, 0.3) is 0 Å². The van der Waals surface area contributed by atoms with Gasteiger partial charge in [0.05, 0.1) is 0 Å². The normalized spacial score (nSPS) is 18.1. The first-order chi connectivity index (χ1) is 12.5. The molecule has 0 N–H and O–H groups in total. The number of allylic oxidation sites excluding steroid dienone is 6. The number of benzene rings is 1. The van der Waals surface area contributed by atoms with Gasteiger partial charge in [-0.15, -0.1) is 0 Å². The third-order valence-electron chi connectivity index (χ3n) is 5.19. The molecule has 1 aliphatic rings. The topological polar surface area (TPSA) is 23.3 Å². The summed E-state index contributed by atoms with van der Waals surface area (Å²) in [5.41, 5.74) is 5.48. The zero-order chi connectivity index (χ0) is 20.4. The van der Waals surface area contributed by atoms with Crippen molar-refractivity contribution in [3.63, 3.8) is 0 Å². The van der Waals surface area contributed by atoms with E-state index in [1.807, 2.05) is 32.3 Å². The number of carbonyl (C=O) groups is 1. The van der Waals surface area contributed by atoms with E-state index in [-0.39, 0.29) is 10.8 Å². The number of anilines is 1. The van der Waals surface area contributed by atoms with Crippen LogP contribution in [-0.2, 0) is 10.2 Å². The number of likely N-dealkylation sites (N-methyl/N-ethyl adjacent to an activating group) is 1. The van der Waals surface area contributed by atoms with Crippen LogP contribution in [-0.4, -0.2) is 37.7 Å². The standard InChI is InChI=1S/C24H33N2O/c1-23(2,3)21(25(6)7)15-13-18(17-27)14-16-22-24(4,5)19-11-9-10-12-20(19)26(22)8/h9-17H,1-8H3/q+1. The molecular weight excluding hydrogens is 332 g/mol. The number of hydrogen-bond donors (Lipinski definition) is 0. The summed E-state index contributed by atoms with van der Waals surface area (Å²) in [4.78, 5) is 13.8. The van der Waals surface area contributed by atoms with E-state index < -0.39 is 0 Å². The number of fused-ring (bicyclic) bond motifs is 1. The van der Waals surface area contributed by atoms with E-state index in [9.17, 15) is 4.79 Å². The Bertz CT molecular complexity index is 841. The van der Waals surface area contributed by atoms with E-state index >= 15 is 0 Å². The Morgan fingerprint density at radius 3 is 2.26 bits per heavy atom. The minimum atomic E-state index is -0.0914. The molecule has 0 radical (unpaired) electrons. The van der Waals surface area contributed by atoms with Crippen LogP contribution in [0.15, 0.2) is 59.8 Å². The van der Waals surface area contributed by atoms with Gasteiger partial charge < -0.3 is 4.90 Å². The van der Waals surface area contributed by atoms with Gasteiger partial charge in [-0.1, -0.05) is 52.8 Å². The minimum absolute atomic E-state index is 0.0156. The molecule has 0 aliphatic carbocycles. The Morgan fingerprint density at radius 2 is 1.74 bits per heavy atom. The molecular formula is C24H33N2O+. The summed E-state index contributed by atoms with van der Waals surface area (Å²) in [6, 6.07) is 8.47. The van der Waals surface area contributed by atoms with E-state index in [1.165, 1.54) is 22.7 Å². The maximum Gasteiger partial charge on any atom is 0.180 e. The van der Waals surface area contributed by atoms with Crippen molar-refractivity contribution >= 4 is 17.7 Å². The number of nitrogens with zero attached hydrogens (tertiary/aromatic N) is 2. The molecule has 0 spiro atoms. The van der Waals surface area contributed by atoms with E-state index in [2.05, 4.69) is 81.5 Å². The molecule has 0 saturated carbocycles. The fraction of sp³-hybridized carbons (Fsp3) is 0.417. The molecule has 0 fully saturated rings. The second kappa shape index (κ2) is 7.67. The number of hydrogen-bond acceptors (Lipinski definition) is 2. The Balaban J connectivity index is 2.39. The lowest BCUT2D eigenvalue weighted by molar-refractivity contribution is -0.467. The second-order valence-electron chi connectivity index (χ2n) is 8.90. The maximum atomic E-state index is 11.6. The van der Waals surface area contributed by atoms with Gasteiger partial charge >= 0.3 is 0 Å². The van der Waals surface area contributed by atoms with Gasteiger partial charge in [-0.25, -0.2) is 4.58 Å². The summed E-state index contributed by atoms with van der Waals surface area (Å²) < 4.78 is 2.10. The summed E-state index contributed by atoms with van der Waals surface area (Å²) >= 11 is 0. The van der Waals surface area contributed by atoms with Crippen molar-refractivity contribution in [1.82, 2.24) is 0 Å². The van der Waals surface area contributed by atoms with Crippen molar-refractivity contribution in [2.75, 3.05) is 26.0 Å². The first-order valence-corrected chi connectivity index (χ1v) is 9.44. The Labute approximate surface area is 164 Å². The predicted octanol–water partition coefficient (Wildman–Crippen LogP) is 4.74. The monoisotopic (exact) mass is 365 g/mol. The van der Waals surface area contributed by atoms with Crippen LogP contribution in [0.3, 0.4) is 0 Å². The van der Waals surface area contributed by atoms with Gasteiger partial charge in [0.2, 0.25) is 0 Å². The number of para-hydroxylation sites is 1. The van der Waals surface area contributed by atoms with Crippen molar-refractivity contribution < 1.29 is 9.37 Å². The summed E-state index contributed by atoms with van der Waals surface area (Å²) in [5, 5.41) is 0. The highest BCUT2D eigenvalue weighted by molar-refractivity contribution is 5.96. The molecule has 0 unspecified atom stereocenters. The van der Waals surface area contributed by atoms with Crippen molar-refractivity contribution in [3.05, 3.63) is 65.4 Å². The summed E-state index contributed by atoms with van der Waals surface area (Å²) in [6.07, 6.45) is 8.84. The molecule has 0 amide bonds. The molecule has 2 rings (SSSR count). The number of aldehydes is 1. The molecule has 27 heavy (non-hydrogen) atoms. The zero-order valence-electron chi connectivity index (χ0n) is 18.0. The molecule has 144 valence electrons. The number of rotatable bonds is 4. The Kier molecular flexibility index (Phi) is 5.94. The van der Waals surface area contributed by atoms with Gasteiger partial charge in [-0.3, -0.25) is 4.79 Å². The molecule has 1 aromatic rings. The van der Waals surface area contributed by atoms with Crippen molar-refractivity contribution in [2.24, 2.45) is 5.41 Å². The average molecular weight is 366 g/mol. The van der Waals surface area contributed by atoms with Gasteiger partial charge in [-0.2, -0.15) is 0 Å². The average Bonchev–Trinajstić information content (AvgIpc) is 2.76. The van der Waals surface area contributed by atoms with Crippen LogP contribution >= 0.6 is 0 Å². The Hall–Kier alpha value is -2.42. The Morgan fingerprint density at radius 1 is 1.11 bits per heavy atom. The van der Waals surface area contributed by atoms with Crippen LogP contribution < -0.4 is 4.90 Å². The molecule has 0 saturated heterocycles. The molecule has 1 aromatic carbocycles. The SMILES string of the molecule is CN1/C(=C/C=C(C=O)/C=C/C(=[N+](C)C)C(C)(C)C)C(C)(C)c2ccccc21. The zero-order valence-corrected chi connectivity index (χ0v) is 18.0. The smallest absolute Gasteiger partial charge is 0.180 e. The summed E-state index contributed by atoms with van der Waals surface area (Å²) in [6.45, 7) is 11.0. The van der Waals surface area contributed by atoms with Gasteiger partial charge in [0, 0.05) is 40.9 Å². The van der Waals surface area contributed by atoms with Crippen LogP contribution in [0.1, 0.15) is 40.2 Å². The third kappa shape index (κ3) is 4.29. The molecule has 0 bridgehead atoms. The third-order valence-corrected chi connectivity index (χ3v) is 5.19. The predicted molar refractivity (Wildman–Crippen MR) is 116 cm³/mol. The molecule has 1 heterocycles. The van der Waals surface area contributed by atoms with Gasteiger partial charge in [0.1, 0.15) is 20.4 Å². The fourth-order valence-corrected chi connectivity index (χ4v) is 3.86. The van der Waals surface area contributed by atoms with Gasteiger partial charge in [0.15, 0.2) is 5.71 Å². The van der Waals surface area contributed by atoms with Crippen LogP contribution in [0.2, 0.25) is 0 Å². The molecule has 0 aromatic heterocycles. The lowest BCUT2D eigenvalue weighted by Crippen LogP contribution is -2.26. The lowest BCUT2D eigenvalue weighted by Gasteiger charge is -2.23. The summed E-state index contributed by atoms with van der Waals surface area (Å²) in [5.74, 6) is 0. The lowest BCUT2D eigenvalue weighted by atomic mass is 9.83.